The Morgan fingerprint density at radius 2 is 2.19 bits per heavy atom. The number of aliphatic hydroxyl groups excluding tert-OH is 1. The Kier molecular flexibility index (Phi) is 2.40. The molecule has 0 saturated heterocycles. The van der Waals surface area contributed by atoms with Gasteiger partial charge in [-0.1, -0.05) is 6.07 Å². The average Bonchev–Trinajstić information content (AvgIpc) is 2.53. The molecule has 1 aromatic carbocycles. The van der Waals surface area contributed by atoms with E-state index in [2.05, 4.69) is 5.10 Å². The highest BCUT2D eigenvalue weighted by molar-refractivity contribution is 5.84. The number of nitrogens with zero attached hydrogens (tertiary/aromatic N) is 2. The normalized spacial score (nSPS) is 12.9. The van der Waals surface area contributed by atoms with E-state index in [9.17, 15) is 9.90 Å². The summed E-state index contributed by atoms with van der Waals surface area (Å²) in [5.41, 5.74) is 2.10. The number of aliphatic carboxylic acids is 1. The number of hydrogen-bond donors (Lipinski definition) is 2. The van der Waals surface area contributed by atoms with E-state index >= 15 is 0 Å². The van der Waals surface area contributed by atoms with Gasteiger partial charge in [0, 0.05) is 12.4 Å². The molecule has 5 heteroatoms. The molecule has 0 amide bonds. The van der Waals surface area contributed by atoms with E-state index in [1.807, 2.05) is 14.0 Å². The van der Waals surface area contributed by atoms with Crippen molar-refractivity contribution < 1.29 is 15.0 Å². The Bertz CT molecular complexity index is 560. The van der Waals surface area contributed by atoms with Crippen LogP contribution in [0, 0.1) is 6.92 Å². The van der Waals surface area contributed by atoms with Gasteiger partial charge in [0.2, 0.25) is 0 Å². The Morgan fingerprint density at radius 3 is 2.81 bits per heavy atom. The van der Waals surface area contributed by atoms with Crippen LogP contribution in [0.1, 0.15) is 17.4 Å². The van der Waals surface area contributed by atoms with Crippen molar-refractivity contribution in [1.29, 1.82) is 0 Å². The molecule has 5 nitrogen and oxygen atoms in total. The second-order valence-electron chi connectivity index (χ2n) is 3.73. The summed E-state index contributed by atoms with van der Waals surface area (Å²) < 4.78 is 1.72. The van der Waals surface area contributed by atoms with Gasteiger partial charge in [0.1, 0.15) is 0 Å². The van der Waals surface area contributed by atoms with Gasteiger partial charge in [-0.15, -0.1) is 0 Å². The molecule has 1 heterocycles. The van der Waals surface area contributed by atoms with Crippen LogP contribution in [0.3, 0.4) is 0 Å². The number of benzene rings is 1. The highest BCUT2D eigenvalue weighted by Gasteiger charge is 2.17. The maximum atomic E-state index is 10.7. The monoisotopic (exact) mass is 220 g/mol. The van der Waals surface area contributed by atoms with Gasteiger partial charge in [-0.3, -0.25) is 4.68 Å². The molecule has 1 unspecified atom stereocenters. The van der Waals surface area contributed by atoms with E-state index in [0.29, 0.717) is 5.56 Å². The molecule has 0 saturated carbocycles. The number of fused-ring (bicyclic) bond motifs is 1. The summed E-state index contributed by atoms with van der Waals surface area (Å²) in [6.45, 7) is 1.85. The van der Waals surface area contributed by atoms with Crippen molar-refractivity contribution in [1.82, 2.24) is 9.78 Å². The molecular weight excluding hydrogens is 208 g/mol. The van der Waals surface area contributed by atoms with Gasteiger partial charge in [-0.2, -0.15) is 5.10 Å². The van der Waals surface area contributed by atoms with Gasteiger partial charge in [0.25, 0.3) is 0 Å². The van der Waals surface area contributed by atoms with Crippen molar-refractivity contribution in [3.8, 4) is 0 Å². The number of carboxylic acid groups (broad SMARTS) is 1. The van der Waals surface area contributed by atoms with Crippen molar-refractivity contribution in [3.05, 3.63) is 29.5 Å². The Morgan fingerprint density at radius 1 is 1.50 bits per heavy atom. The molecule has 1 aromatic heterocycles. The summed E-state index contributed by atoms with van der Waals surface area (Å²) in [7, 11) is 1.82. The molecule has 0 aliphatic carbocycles. The summed E-state index contributed by atoms with van der Waals surface area (Å²) >= 11 is 0. The largest absolute Gasteiger partial charge is 0.479 e. The third-order valence-corrected chi connectivity index (χ3v) is 2.61. The molecule has 0 bridgehead atoms. The fraction of sp³-hybridized carbons (Fsp3) is 0.273. The quantitative estimate of drug-likeness (QED) is 0.791. The zero-order valence-electron chi connectivity index (χ0n) is 9.01. The summed E-state index contributed by atoms with van der Waals surface area (Å²) in [4.78, 5) is 10.7. The number of aromatic nitrogens is 2. The first-order valence-corrected chi connectivity index (χ1v) is 4.85. The van der Waals surface area contributed by atoms with Gasteiger partial charge in [0.05, 0.1) is 11.2 Å². The third kappa shape index (κ3) is 1.55. The Hall–Kier alpha value is -1.88. The fourth-order valence-electron chi connectivity index (χ4n) is 1.77. The minimum Gasteiger partial charge on any atom is -0.479 e. The third-order valence-electron chi connectivity index (χ3n) is 2.61. The van der Waals surface area contributed by atoms with Crippen molar-refractivity contribution in [2.24, 2.45) is 7.05 Å². The molecule has 2 N–H and O–H groups in total. The number of hydrogen-bond acceptors (Lipinski definition) is 3. The predicted molar refractivity (Wildman–Crippen MR) is 58.0 cm³/mol. The molecule has 0 fully saturated rings. The molecule has 0 spiro atoms. The summed E-state index contributed by atoms with van der Waals surface area (Å²) in [6.07, 6.45) is -1.48. The van der Waals surface area contributed by atoms with Gasteiger partial charge in [-0.25, -0.2) is 4.79 Å². The first kappa shape index (κ1) is 10.6. The van der Waals surface area contributed by atoms with Crippen LogP contribution in [0.25, 0.3) is 10.9 Å². The lowest BCUT2D eigenvalue weighted by atomic mass is 10.1. The molecule has 2 aromatic rings. The molecular formula is C11H12N2O3. The van der Waals surface area contributed by atoms with Crippen molar-refractivity contribution in [2.45, 2.75) is 13.0 Å². The number of rotatable bonds is 2. The van der Waals surface area contributed by atoms with Crippen LogP contribution in [0.5, 0.6) is 0 Å². The molecule has 1 atom stereocenters. The fourth-order valence-corrected chi connectivity index (χ4v) is 1.77. The highest BCUT2D eigenvalue weighted by atomic mass is 16.4. The Balaban J connectivity index is 2.60. The van der Waals surface area contributed by atoms with Crippen molar-refractivity contribution >= 4 is 16.9 Å². The SMILES string of the molecule is Cc1nn(C)c2ccc(C(O)C(=O)O)cc12. The van der Waals surface area contributed by atoms with Crippen molar-refractivity contribution in [2.75, 3.05) is 0 Å². The molecule has 0 aliphatic rings. The lowest BCUT2D eigenvalue weighted by Gasteiger charge is -2.05. The lowest BCUT2D eigenvalue weighted by Crippen LogP contribution is -2.10. The molecule has 0 aliphatic heterocycles. The number of aryl methyl sites for hydroxylation is 2. The second kappa shape index (κ2) is 3.61. The molecule has 16 heavy (non-hydrogen) atoms. The zero-order valence-corrected chi connectivity index (χ0v) is 9.01. The molecule has 0 radical (unpaired) electrons. The van der Waals surface area contributed by atoms with Gasteiger partial charge >= 0.3 is 5.97 Å². The maximum absolute atomic E-state index is 10.7. The summed E-state index contributed by atoms with van der Waals surface area (Å²) in [5.74, 6) is -1.25. The first-order chi connectivity index (χ1) is 7.50. The van der Waals surface area contributed by atoms with Crippen LogP contribution in [0.4, 0.5) is 0 Å². The second-order valence-corrected chi connectivity index (χ2v) is 3.73. The minimum atomic E-state index is -1.48. The van der Waals surface area contributed by atoms with Crippen LogP contribution >= 0.6 is 0 Å². The predicted octanol–water partition coefficient (Wildman–Crippen LogP) is 1.000. The van der Waals surface area contributed by atoms with E-state index in [-0.39, 0.29) is 0 Å². The first-order valence-electron chi connectivity index (χ1n) is 4.85. The van der Waals surface area contributed by atoms with Crippen LogP contribution in [0.15, 0.2) is 18.2 Å². The topological polar surface area (TPSA) is 75.3 Å². The van der Waals surface area contributed by atoms with Gasteiger partial charge < -0.3 is 10.2 Å². The van der Waals surface area contributed by atoms with Crippen LogP contribution < -0.4 is 0 Å². The minimum absolute atomic E-state index is 0.371. The zero-order chi connectivity index (χ0) is 11.9. The summed E-state index contributed by atoms with van der Waals surface area (Å²) in [5, 5.41) is 23.2. The van der Waals surface area contributed by atoms with E-state index in [0.717, 1.165) is 16.6 Å². The average molecular weight is 220 g/mol. The van der Waals surface area contributed by atoms with E-state index in [1.54, 1.807) is 22.9 Å². The van der Waals surface area contributed by atoms with E-state index in [1.165, 1.54) is 0 Å². The van der Waals surface area contributed by atoms with Crippen LogP contribution in [0.2, 0.25) is 0 Å². The van der Waals surface area contributed by atoms with Crippen molar-refractivity contribution in [3.63, 3.8) is 0 Å². The number of carbonyl (C=O) groups is 1. The maximum Gasteiger partial charge on any atom is 0.337 e. The van der Waals surface area contributed by atoms with Crippen LogP contribution in [-0.2, 0) is 11.8 Å². The van der Waals surface area contributed by atoms with Crippen LogP contribution in [-0.4, -0.2) is 26.0 Å². The standard InChI is InChI=1S/C11H12N2O3/c1-6-8-5-7(10(14)11(15)16)3-4-9(8)13(2)12-6/h3-5,10,14H,1-2H3,(H,15,16). The number of aliphatic hydroxyl groups is 1. The molecule has 2 rings (SSSR count). The smallest absolute Gasteiger partial charge is 0.337 e. The Labute approximate surface area is 91.9 Å². The number of carboxylic acids is 1. The van der Waals surface area contributed by atoms with Gasteiger partial charge in [-0.05, 0) is 24.6 Å². The van der Waals surface area contributed by atoms with E-state index < -0.39 is 12.1 Å². The lowest BCUT2D eigenvalue weighted by molar-refractivity contribution is -0.146. The van der Waals surface area contributed by atoms with Gasteiger partial charge in [0.15, 0.2) is 6.10 Å². The highest BCUT2D eigenvalue weighted by Crippen LogP contribution is 2.22. The van der Waals surface area contributed by atoms with E-state index in [4.69, 9.17) is 5.11 Å². The summed E-state index contributed by atoms with van der Waals surface area (Å²) in [6, 6.07) is 5.02. The molecule has 84 valence electrons.